The summed E-state index contributed by atoms with van der Waals surface area (Å²) in [5, 5.41) is 3.07. The summed E-state index contributed by atoms with van der Waals surface area (Å²) in [6.45, 7) is 0.505. The summed E-state index contributed by atoms with van der Waals surface area (Å²) >= 11 is 0. The van der Waals surface area contributed by atoms with Crippen LogP contribution >= 0.6 is 0 Å². The molecule has 1 saturated carbocycles. The van der Waals surface area contributed by atoms with Crippen LogP contribution in [0.2, 0.25) is 0 Å². The number of hydrogen-bond acceptors (Lipinski definition) is 2. The maximum Gasteiger partial charge on any atom is 0.255 e. The van der Waals surface area contributed by atoms with Gasteiger partial charge in [-0.15, -0.1) is 0 Å². The van der Waals surface area contributed by atoms with Gasteiger partial charge in [-0.25, -0.2) is 0 Å². The molecule has 2 aromatic carbocycles. The van der Waals surface area contributed by atoms with Gasteiger partial charge in [-0.2, -0.15) is 0 Å². The van der Waals surface area contributed by atoms with E-state index >= 15 is 0 Å². The van der Waals surface area contributed by atoms with Crippen molar-refractivity contribution in [2.24, 2.45) is 0 Å². The lowest BCUT2D eigenvalue weighted by molar-refractivity contribution is -0.125. The fourth-order valence-electron chi connectivity index (χ4n) is 3.24. The number of hydrogen-bond donors (Lipinski definition) is 1. The van der Waals surface area contributed by atoms with Crippen molar-refractivity contribution in [3.63, 3.8) is 0 Å². The monoisotopic (exact) mass is 320 g/mol. The topological polar surface area (TPSA) is 49.4 Å². The van der Waals surface area contributed by atoms with Crippen LogP contribution in [0.1, 0.15) is 34.3 Å². The van der Waals surface area contributed by atoms with E-state index in [-0.39, 0.29) is 17.9 Å². The van der Waals surface area contributed by atoms with Crippen molar-refractivity contribution in [2.75, 3.05) is 0 Å². The molecule has 1 N–H and O–H groups in total. The molecule has 0 bridgehead atoms. The lowest BCUT2D eigenvalue weighted by atomic mass is 10.0. The van der Waals surface area contributed by atoms with Crippen molar-refractivity contribution in [1.29, 1.82) is 0 Å². The first-order chi connectivity index (χ1) is 11.7. The molecule has 2 aliphatic rings. The van der Waals surface area contributed by atoms with Gasteiger partial charge in [0.25, 0.3) is 5.91 Å². The Balaban J connectivity index is 1.60. The lowest BCUT2D eigenvalue weighted by Gasteiger charge is -2.27. The normalized spacial score (nSPS) is 17.5. The predicted molar refractivity (Wildman–Crippen MR) is 91.4 cm³/mol. The largest absolute Gasteiger partial charge is 0.352 e. The van der Waals surface area contributed by atoms with Crippen LogP contribution in [0.3, 0.4) is 0 Å². The fourth-order valence-corrected chi connectivity index (χ4v) is 3.24. The van der Waals surface area contributed by atoms with Crippen molar-refractivity contribution in [1.82, 2.24) is 10.2 Å². The molecule has 0 spiro atoms. The number of carbonyl (C=O) groups excluding carboxylic acids is 2. The second kappa shape index (κ2) is 6.11. The van der Waals surface area contributed by atoms with E-state index in [2.05, 4.69) is 5.32 Å². The summed E-state index contributed by atoms with van der Waals surface area (Å²) in [4.78, 5) is 27.3. The second-order valence-electron chi connectivity index (χ2n) is 6.58. The van der Waals surface area contributed by atoms with Crippen molar-refractivity contribution >= 4 is 11.8 Å². The Morgan fingerprint density at radius 1 is 1.08 bits per heavy atom. The van der Waals surface area contributed by atoms with Crippen LogP contribution in [0.5, 0.6) is 0 Å². The standard InChI is InChI=1S/C20H20N2O2/c23-19(21-16-10-11-16)18(12-14-6-2-1-3-7-14)22-13-15-8-4-5-9-17(15)20(22)24/h1-9,16,18H,10-13H2,(H,21,23)/t18-/m1/s1. The smallest absolute Gasteiger partial charge is 0.255 e. The van der Waals surface area contributed by atoms with E-state index < -0.39 is 6.04 Å². The van der Waals surface area contributed by atoms with Crippen LogP contribution in [-0.4, -0.2) is 28.8 Å². The summed E-state index contributed by atoms with van der Waals surface area (Å²) in [5.74, 6) is -0.0833. The molecule has 4 nitrogen and oxygen atoms in total. The Hall–Kier alpha value is -2.62. The zero-order valence-corrected chi connectivity index (χ0v) is 13.4. The van der Waals surface area contributed by atoms with Crippen molar-refractivity contribution in [3.8, 4) is 0 Å². The summed E-state index contributed by atoms with van der Waals surface area (Å²) in [7, 11) is 0. The number of amides is 2. The number of rotatable bonds is 5. The Labute approximate surface area is 141 Å². The van der Waals surface area contributed by atoms with Gasteiger partial charge in [0.2, 0.25) is 5.91 Å². The highest BCUT2D eigenvalue weighted by molar-refractivity contribution is 6.01. The minimum absolute atomic E-state index is 0.0393. The molecule has 1 atom stereocenters. The first kappa shape index (κ1) is 14.9. The Morgan fingerprint density at radius 3 is 2.50 bits per heavy atom. The van der Waals surface area contributed by atoms with Gasteiger partial charge in [0, 0.05) is 24.6 Å². The van der Waals surface area contributed by atoms with Crippen LogP contribution < -0.4 is 5.32 Å². The molecule has 4 heteroatoms. The molecule has 1 heterocycles. The van der Waals surface area contributed by atoms with Gasteiger partial charge in [0.05, 0.1) is 0 Å². The van der Waals surface area contributed by atoms with Crippen LogP contribution in [-0.2, 0) is 17.8 Å². The van der Waals surface area contributed by atoms with E-state index in [1.54, 1.807) is 4.90 Å². The van der Waals surface area contributed by atoms with E-state index in [0.29, 0.717) is 13.0 Å². The SMILES string of the molecule is O=C(NC1CC1)[C@@H](Cc1ccccc1)N1Cc2ccccc2C1=O. The predicted octanol–water partition coefficient (Wildman–Crippen LogP) is 2.53. The molecule has 0 aromatic heterocycles. The molecular weight excluding hydrogens is 300 g/mol. The highest BCUT2D eigenvalue weighted by Gasteiger charge is 2.37. The molecule has 24 heavy (non-hydrogen) atoms. The lowest BCUT2D eigenvalue weighted by Crippen LogP contribution is -2.49. The van der Waals surface area contributed by atoms with Crippen LogP contribution in [0.25, 0.3) is 0 Å². The third kappa shape index (κ3) is 2.92. The summed E-state index contributed by atoms with van der Waals surface area (Å²) in [5.41, 5.74) is 2.78. The maximum absolute atomic E-state index is 12.8. The number of carbonyl (C=O) groups is 2. The van der Waals surface area contributed by atoms with Crippen LogP contribution in [0.4, 0.5) is 0 Å². The number of fused-ring (bicyclic) bond motifs is 1. The summed E-state index contributed by atoms with van der Waals surface area (Å²) in [6.07, 6.45) is 2.62. The first-order valence-corrected chi connectivity index (χ1v) is 8.45. The fraction of sp³-hybridized carbons (Fsp3) is 0.300. The highest BCUT2D eigenvalue weighted by Crippen LogP contribution is 2.27. The minimum Gasteiger partial charge on any atom is -0.352 e. The summed E-state index contributed by atoms with van der Waals surface area (Å²) in [6, 6.07) is 17.3. The molecule has 4 rings (SSSR count). The molecule has 0 unspecified atom stereocenters. The van der Waals surface area contributed by atoms with Gasteiger partial charge in [-0.1, -0.05) is 48.5 Å². The molecule has 122 valence electrons. The second-order valence-corrected chi connectivity index (χ2v) is 6.58. The van der Waals surface area contributed by atoms with E-state index in [0.717, 1.165) is 29.5 Å². The number of benzene rings is 2. The third-order valence-electron chi connectivity index (χ3n) is 4.72. The van der Waals surface area contributed by atoms with Gasteiger partial charge in [0.15, 0.2) is 0 Å². The molecule has 0 radical (unpaired) electrons. The van der Waals surface area contributed by atoms with Crippen LogP contribution in [0, 0.1) is 0 Å². The zero-order valence-electron chi connectivity index (χ0n) is 13.4. The van der Waals surface area contributed by atoms with Gasteiger partial charge < -0.3 is 10.2 Å². The molecule has 2 aromatic rings. The van der Waals surface area contributed by atoms with Gasteiger partial charge in [-0.05, 0) is 30.0 Å². The first-order valence-electron chi connectivity index (χ1n) is 8.45. The summed E-state index contributed by atoms with van der Waals surface area (Å²) < 4.78 is 0. The third-order valence-corrected chi connectivity index (χ3v) is 4.72. The van der Waals surface area contributed by atoms with Gasteiger partial charge >= 0.3 is 0 Å². The van der Waals surface area contributed by atoms with E-state index in [1.807, 2.05) is 54.6 Å². The Kier molecular flexibility index (Phi) is 3.81. The minimum atomic E-state index is -0.465. The van der Waals surface area contributed by atoms with Crippen LogP contribution in [0.15, 0.2) is 54.6 Å². The molecular formula is C20H20N2O2. The van der Waals surface area contributed by atoms with Gasteiger partial charge in [-0.3, -0.25) is 9.59 Å². The average Bonchev–Trinajstić information content (AvgIpc) is 3.36. The van der Waals surface area contributed by atoms with Crippen molar-refractivity contribution in [2.45, 2.75) is 37.9 Å². The van der Waals surface area contributed by atoms with E-state index in [1.165, 1.54) is 0 Å². The number of nitrogens with zero attached hydrogens (tertiary/aromatic N) is 1. The molecule has 2 amide bonds. The Morgan fingerprint density at radius 2 is 1.79 bits per heavy atom. The molecule has 0 saturated heterocycles. The maximum atomic E-state index is 12.8. The van der Waals surface area contributed by atoms with E-state index in [9.17, 15) is 9.59 Å². The van der Waals surface area contributed by atoms with E-state index in [4.69, 9.17) is 0 Å². The Bertz CT molecular complexity index is 768. The molecule has 1 fully saturated rings. The van der Waals surface area contributed by atoms with Gasteiger partial charge in [0.1, 0.15) is 6.04 Å². The molecule has 1 aliphatic heterocycles. The highest BCUT2D eigenvalue weighted by atomic mass is 16.2. The van der Waals surface area contributed by atoms with Crippen molar-refractivity contribution in [3.05, 3.63) is 71.3 Å². The average molecular weight is 320 g/mol. The zero-order chi connectivity index (χ0) is 16.5. The quantitative estimate of drug-likeness (QED) is 0.920. The molecule has 1 aliphatic carbocycles. The van der Waals surface area contributed by atoms with Crippen molar-refractivity contribution < 1.29 is 9.59 Å². The number of nitrogens with one attached hydrogen (secondary N) is 1.